The summed E-state index contributed by atoms with van der Waals surface area (Å²) in [5, 5.41) is 0. The van der Waals surface area contributed by atoms with Crippen LogP contribution in [0.3, 0.4) is 0 Å². The van der Waals surface area contributed by atoms with E-state index in [1.54, 1.807) is 19.2 Å². The number of benzene rings is 2. The molecule has 2 aromatic carbocycles. The molecule has 3 aromatic rings. The Morgan fingerprint density at radius 1 is 1.15 bits per heavy atom. The number of carbonyl (C=O) groups is 1. The Labute approximate surface area is 198 Å². The lowest BCUT2D eigenvalue weighted by molar-refractivity contribution is 0.0997. The quantitative estimate of drug-likeness (QED) is 0.520. The number of para-hydroxylation sites is 1. The monoisotopic (exact) mass is 487 g/mol. The van der Waals surface area contributed by atoms with Gasteiger partial charge in [0.05, 0.1) is 16.7 Å². The first-order valence-corrected chi connectivity index (χ1v) is 13.5. The van der Waals surface area contributed by atoms with Crippen LogP contribution < -0.4 is 9.54 Å². The maximum absolute atomic E-state index is 12.9. The van der Waals surface area contributed by atoms with Crippen molar-refractivity contribution in [2.75, 3.05) is 20.2 Å². The fourth-order valence-corrected chi connectivity index (χ4v) is 6.62. The first-order chi connectivity index (χ1) is 15.8. The number of fused-ring (bicyclic) bond motifs is 1. The van der Waals surface area contributed by atoms with Crippen molar-refractivity contribution in [2.45, 2.75) is 44.6 Å². The number of hydrogen-bond donors (Lipinski definition) is 0. The van der Waals surface area contributed by atoms with Gasteiger partial charge in [0.25, 0.3) is 5.91 Å². The van der Waals surface area contributed by atoms with Crippen LogP contribution in [-0.4, -0.2) is 43.4 Å². The summed E-state index contributed by atoms with van der Waals surface area (Å²) in [4.78, 5) is 18.1. The highest BCUT2D eigenvalue weighted by Crippen LogP contribution is 2.28. The van der Waals surface area contributed by atoms with Crippen LogP contribution in [0.2, 0.25) is 0 Å². The zero-order chi connectivity index (χ0) is 23.6. The second-order valence-electron chi connectivity index (χ2n) is 8.37. The normalized spacial score (nSPS) is 16.4. The van der Waals surface area contributed by atoms with E-state index in [2.05, 4.69) is 18.8 Å². The molecule has 1 saturated heterocycles. The molecular formula is C24H29N3O4S2. The topological polar surface area (TPSA) is 81.0 Å². The number of piperidine rings is 1. The molecule has 1 aromatic heterocycles. The molecule has 0 N–H and O–H groups in total. The van der Waals surface area contributed by atoms with E-state index in [0.717, 1.165) is 35.2 Å². The van der Waals surface area contributed by atoms with E-state index in [4.69, 9.17) is 4.74 Å². The molecule has 33 heavy (non-hydrogen) atoms. The lowest BCUT2D eigenvalue weighted by Gasteiger charge is -2.29. The molecule has 0 radical (unpaired) electrons. The van der Waals surface area contributed by atoms with Crippen molar-refractivity contribution in [3.05, 3.63) is 52.8 Å². The third-order valence-electron chi connectivity index (χ3n) is 6.01. The van der Waals surface area contributed by atoms with Gasteiger partial charge in [0.2, 0.25) is 10.0 Å². The van der Waals surface area contributed by atoms with Crippen LogP contribution in [0.1, 0.15) is 43.5 Å². The molecular weight excluding hydrogens is 458 g/mol. The highest BCUT2D eigenvalue weighted by atomic mass is 32.2. The van der Waals surface area contributed by atoms with Gasteiger partial charge in [-0.2, -0.15) is 9.30 Å². The van der Waals surface area contributed by atoms with Gasteiger partial charge < -0.3 is 9.30 Å². The minimum absolute atomic E-state index is 0.209. The summed E-state index contributed by atoms with van der Waals surface area (Å²) in [7, 11) is -1.92. The Morgan fingerprint density at radius 2 is 1.85 bits per heavy atom. The number of aromatic nitrogens is 1. The summed E-state index contributed by atoms with van der Waals surface area (Å²) in [6.07, 6.45) is 2.62. The lowest BCUT2D eigenvalue weighted by atomic mass is 10.0. The molecule has 0 unspecified atom stereocenters. The molecule has 176 valence electrons. The molecule has 0 aliphatic carbocycles. The Bertz CT molecular complexity index is 1320. The summed E-state index contributed by atoms with van der Waals surface area (Å²) in [5.41, 5.74) is 1.28. The molecule has 0 spiro atoms. The first-order valence-electron chi connectivity index (χ1n) is 11.2. The largest absolute Gasteiger partial charge is 0.495 e. The molecule has 4 rings (SSSR count). The average molecular weight is 488 g/mol. The van der Waals surface area contributed by atoms with Crippen molar-refractivity contribution in [3.8, 4) is 5.75 Å². The van der Waals surface area contributed by atoms with Gasteiger partial charge in [0, 0.05) is 25.2 Å². The van der Waals surface area contributed by atoms with Crippen molar-refractivity contribution >= 4 is 37.5 Å². The van der Waals surface area contributed by atoms with Crippen molar-refractivity contribution in [1.82, 2.24) is 8.87 Å². The van der Waals surface area contributed by atoms with Crippen LogP contribution >= 0.6 is 11.3 Å². The number of hydrogen-bond acceptors (Lipinski definition) is 5. The molecule has 0 saturated carbocycles. The van der Waals surface area contributed by atoms with Crippen LogP contribution in [0.15, 0.2) is 52.4 Å². The first kappa shape index (κ1) is 23.7. The van der Waals surface area contributed by atoms with Gasteiger partial charge in [-0.25, -0.2) is 8.42 Å². The number of aryl methyl sites for hydroxylation is 1. The van der Waals surface area contributed by atoms with Crippen LogP contribution in [0.4, 0.5) is 0 Å². The second-order valence-corrected chi connectivity index (χ2v) is 11.3. The smallest absolute Gasteiger partial charge is 0.279 e. The van der Waals surface area contributed by atoms with Gasteiger partial charge in [-0.3, -0.25) is 4.79 Å². The van der Waals surface area contributed by atoms with Gasteiger partial charge in [-0.05, 0) is 61.6 Å². The van der Waals surface area contributed by atoms with E-state index in [-0.39, 0.29) is 4.90 Å². The van der Waals surface area contributed by atoms with E-state index in [1.165, 1.54) is 27.8 Å². The number of nitrogens with zero attached hydrogens (tertiary/aromatic N) is 3. The van der Waals surface area contributed by atoms with E-state index >= 15 is 0 Å². The number of sulfonamides is 1. The van der Waals surface area contributed by atoms with Gasteiger partial charge >= 0.3 is 0 Å². The molecule has 1 fully saturated rings. The number of rotatable bonds is 6. The number of methoxy groups -OCH3 is 1. The van der Waals surface area contributed by atoms with E-state index < -0.39 is 15.9 Å². The number of thiazole rings is 1. The SMILES string of the molecule is CCCn1c(=NC(=O)c2ccc(S(=O)(=O)N3CCC(C)CC3)cc2)sc2cccc(OC)c21. The fourth-order valence-electron chi connectivity index (χ4n) is 4.07. The predicted molar refractivity (Wildman–Crippen MR) is 130 cm³/mol. The zero-order valence-corrected chi connectivity index (χ0v) is 20.8. The molecule has 0 atom stereocenters. The third-order valence-corrected chi connectivity index (χ3v) is 8.97. The van der Waals surface area contributed by atoms with Crippen LogP contribution in [-0.2, 0) is 16.6 Å². The number of ether oxygens (including phenoxy) is 1. The van der Waals surface area contributed by atoms with Gasteiger partial charge in [0.1, 0.15) is 11.3 Å². The van der Waals surface area contributed by atoms with Crippen LogP contribution in [0.25, 0.3) is 10.2 Å². The van der Waals surface area contributed by atoms with E-state index in [9.17, 15) is 13.2 Å². The average Bonchev–Trinajstić information content (AvgIpc) is 3.16. The minimum atomic E-state index is -3.55. The minimum Gasteiger partial charge on any atom is -0.495 e. The van der Waals surface area contributed by atoms with E-state index in [0.29, 0.717) is 35.9 Å². The van der Waals surface area contributed by atoms with Crippen LogP contribution in [0, 0.1) is 5.92 Å². The highest BCUT2D eigenvalue weighted by molar-refractivity contribution is 7.89. The van der Waals surface area contributed by atoms with Crippen molar-refractivity contribution < 1.29 is 17.9 Å². The number of amides is 1. The maximum Gasteiger partial charge on any atom is 0.279 e. The van der Waals surface area contributed by atoms with Gasteiger partial charge in [-0.1, -0.05) is 31.3 Å². The van der Waals surface area contributed by atoms with Crippen molar-refractivity contribution in [3.63, 3.8) is 0 Å². The standard InChI is InChI=1S/C24H29N3O4S2/c1-4-14-27-22-20(31-3)6-5-7-21(22)32-24(27)25-23(28)18-8-10-19(11-9-18)33(29,30)26-15-12-17(2)13-16-26/h5-11,17H,4,12-16H2,1-3H3. The van der Waals surface area contributed by atoms with Gasteiger partial charge in [-0.15, -0.1) is 0 Å². The van der Waals surface area contributed by atoms with Crippen molar-refractivity contribution in [1.29, 1.82) is 0 Å². The molecule has 2 heterocycles. The summed E-state index contributed by atoms with van der Waals surface area (Å²) in [5.74, 6) is 0.885. The predicted octanol–water partition coefficient (Wildman–Crippen LogP) is 4.28. The molecule has 1 aliphatic heterocycles. The van der Waals surface area contributed by atoms with Crippen molar-refractivity contribution in [2.24, 2.45) is 10.9 Å². The Hall–Kier alpha value is -2.49. The van der Waals surface area contributed by atoms with Gasteiger partial charge in [0.15, 0.2) is 4.80 Å². The fraction of sp³-hybridized carbons (Fsp3) is 0.417. The third kappa shape index (κ3) is 4.76. The molecule has 1 aliphatic rings. The molecule has 1 amide bonds. The lowest BCUT2D eigenvalue weighted by Crippen LogP contribution is -2.37. The highest BCUT2D eigenvalue weighted by Gasteiger charge is 2.28. The Morgan fingerprint density at radius 3 is 2.48 bits per heavy atom. The summed E-state index contributed by atoms with van der Waals surface area (Å²) >= 11 is 1.44. The summed E-state index contributed by atoms with van der Waals surface area (Å²) in [6, 6.07) is 11.9. The Kier molecular flexibility index (Phi) is 7.02. The number of carbonyl (C=O) groups excluding carboxylic acids is 1. The second kappa shape index (κ2) is 9.79. The summed E-state index contributed by atoms with van der Waals surface area (Å²) < 4.78 is 35.9. The molecule has 7 nitrogen and oxygen atoms in total. The van der Waals surface area contributed by atoms with E-state index in [1.807, 2.05) is 22.8 Å². The summed E-state index contributed by atoms with van der Waals surface area (Å²) in [6.45, 7) is 5.99. The Balaban J connectivity index is 1.64. The molecule has 0 bridgehead atoms. The van der Waals surface area contributed by atoms with Crippen LogP contribution in [0.5, 0.6) is 5.75 Å². The molecule has 9 heteroatoms. The maximum atomic E-state index is 12.9. The zero-order valence-electron chi connectivity index (χ0n) is 19.2.